The van der Waals surface area contributed by atoms with Crippen molar-refractivity contribution in [3.63, 3.8) is 0 Å². The summed E-state index contributed by atoms with van der Waals surface area (Å²) in [6.45, 7) is 2.41. The number of rotatable bonds is 45. The highest BCUT2D eigenvalue weighted by atomic mass is 31.2. The molecule has 0 spiro atoms. The van der Waals surface area contributed by atoms with Crippen LogP contribution in [0, 0.1) is 0 Å². The van der Waals surface area contributed by atoms with Gasteiger partial charge in [0.1, 0.15) is 12.7 Å². The molecule has 1 amide bonds. The van der Waals surface area contributed by atoms with E-state index >= 15 is 0 Å². The quantitative estimate of drug-likeness (QED) is 0.0200. The zero-order valence-electron chi connectivity index (χ0n) is 40.7. The Morgan fingerprint density at radius 1 is 0.500 bits per heavy atom. The SMILES string of the molecule is CC/C=C\C/C=C\C/C=C\C/C=C\C/C=C\C/C=C\C/C=C\CCCC(=O)NC(COP(=O)(O)OCC(O)COC(=O)CCCCCCCCCCC/C=C\C/C=C\CCCCC)C(=O)O. The maximum Gasteiger partial charge on any atom is 0.472 e. The topological polar surface area (TPSA) is 169 Å². The fourth-order valence-corrected chi connectivity index (χ4v) is 6.99. The Labute approximate surface area is 399 Å². The first kappa shape index (κ1) is 62.1. The third-order valence-electron chi connectivity index (χ3n) is 10.0. The van der Waals surface area contributed by atoms with Crippen LogP contribution in [0.2, 0.25) is 0 Å². The van der Waals surface area contributed by atoms with Crippen molar-refractivity contribution >= 4 is 25.7 Å². The first-order valence-electron chi connectivity index (χ1n) is 24.9. The number of amides is 1. The van der Waals surface area contributed by atoms with Crippen molar-refractivity contribution in [2.45, 2.75) is 193 Å². The number of phosphoric ester groups is 1. The van der Waals surface area contributed by atoms with E-state index in [2.05, 4.69) is 116 Å². The number of hydrogen-bond acceptors (Lipinski definition) is 8. The van der Waals surface area contributed by atoms with Gasteiger partial charge in [0.05, 0.1) is 13.2 Å². The molecule has 66 heavy (non-hydrogen) atoms. The summed E-state index contributed by atoms with van der Waals surface area (Å²) in [6.07, 6.45) is 62.6. The van der Waals surface area contributed by atoms with Crippen LogP contribution in [0.1, 0.15) is 181 Å². The molecule has 0 aromatic rings. The van der Waals surface area contributed by atoms with Crippen molar-refractivity contribution < 1.29 is 47.8 Å². The number of allylic oxidation sites excluding steroid dienone is 18. The number of nitrogens with one attached hydrogen (secondary N) is 1. The van der Waals surface area contributed by atoms with Gasteiger partial charge in [-0.25, -0.2) is 9.36 Å². The molecule has 0 aromatic heterocycles. The smallest absolute Gasteiger partial charge is 0.472 e. The van der Waals surface area contributed by atoms with E-state index in [0.29, 0.717) is 19.3 Å². The van der Waals surface area contributed by atoms with E-state index in [1.54, 1.807) is 0 Å². The molecule has 0 radical (unpaired) electrons. The maximum atomic E-state index is 12.3. The van der Waals surface area contributed by atoms with Crippen LogP contribution in [-0.4, -0.2) is 64.9 Å². The number of aliphatic hydroxyl groups is 1. The van der Waals surface area contributed by atoms with Gasteiger partial charge in [-0.05, 0) is 96.3 Å². The molecular weight excluding hydrogens is 854 g/mol. The van der Waals surface area contributed by atoms with Gasteiger partial charge in [0.25, 0.3) is 0 Å². The van der Waals surface area contributed by atoms with Crippen molar-refractivity contribution in [2.75, 3.05) is 19.8 Å². The number of hydrogen-bond donors (Lipinski definition) is 4. The highest BCUT2D eigenvalue weighted by Gasteiger charge is 2.28. The van der Waals surface area contributed by atoms with Gasteiger partial charge in [0.15, 0.2) is 6.04 Å². The normalized spacial score (nSPS) is 14.5. The molecule has 4 N–H and O–H groups in total. The summed E-state index contributed by atoms with van der Waals surface area (Å²) < 4.78 is 26.9. The van der Waals surface area contributed by atoms with Crippen LogP contribution < -0.4 is 5.32 Å². The molecule has 12 heteroatoms. The van der Waals surface area contributed by atoms with E-state index in [9.17, 15) is 34.1 Å². The Morgan fingerprint density at radius 2 is 0.894 bits per heavy atom. The number of aliphatic carboxylic acids is 1. The van der Waals surface area contributed by atoms with Gasteiger partial charge in [0, 0.05) is 12.8 Å². The predicted molar refractivity (Wildman–Crippen MR) is 272 cm³/mol. The van der Waals surface area contributed by atoms with Crippen LogP contribution in [0.5, 0.6) is 0 Å². The summed E-state index contributed by atoms with van der Waals surface area (Å²) in [5, 5.41) is 21.9. The number of aliphatic hydroxyl groups excluding tert-OH is 1. The number of carbonyl (C=O) groups excluding carboxylic acids is 2. The molecule has 3 unspecified atom stereocenters. The van der Waals surface area contributed by atoms with Crippen LogP contribution >= 0.6 is 7.82 Å². The molecule has 0 fully saturated rings. The second-order valence-corrected chi connectivity index (χ2v) is 17.7. The Hall–Kier alpha value is -3.86. The van der Waals surface area contributed by atoms with Gasteiger partial charge in [-0.2, -0.15) is 0 Å². The highest BCUT2D eigenvalue weighted by molar-refractivity contribution is 7.47. The second-order valence-electron chi connectivity index (χ2n) is 16.3. The highest BCUT2D eigenvalue weighted by Crippen LogP contribution is 2.43. The maximum absolute atomic E-state index is 12.3. The van der Waals surface area contributed by atoms with E-state index in [1.807, 2.05) is 12.2 Å². The lowest BCUT2D eigenvalue weighted by molar-refractivity contribution is -0.147. The molecule has 0 aliphatic heterocycles. The minimum atomic E-state index is -4.79. The van der Waals surface area contributed by atoms with Crippen molar-refractivity contribution in [1.82, 2.24) is 5.32 Å². The average molecular weight is 942 g/mol. The number of carboxylic acids is 1. The van der Waals surface area contributed by atoms with Gasteiger partial charge in [0.2, 0.25) is 5.91 Å². The number of carbonyl (C=O) groups is 3. The number of unbranched alkanes of at least 4 members (excludes halogenated alkanes) is 13. The second kappa shape index (κ2) is 47.6. The molecule has 0 heterocycles. The standard InChI is InChI=1S/C54H88NO10P/c1-3-5-7-9-11-13-15-17-19-21-23-24-25-26-28-29-31-33-35-37-39-41-43-45-52(57)55-51(54(59)60)49-65-66(61,62)64-48-50(56)47-63-53(58)46-44-42-40-38-36-34-32-30-27-22-20-18-16-14-12-10-8-6-4-2/h5,7,11-14,17-20,23-24,26,28,31,33,37,39,50-51,56H,3-4,6,8-10,15-16,21-22,25,27,29-30,32,34-36,38,40-49H2,1-2H3,(H,55,57)(H,59,60)(H,61,62)/b7-5-,13-11-,14-12-,19-17-,20-18-,24-23-,28-26-,33-31-,39-37-. The summed E-state index contributed by atoms with van der Waals surface area (Å²) >= 11 is 0. The van der Waals surface area contributed by atoms with Crippen molar-refractivity contribution in [3.8, 4) is 0 Å². The number of esters is 1. The van der Waals surface area contributed by atoms with Gasteiger partial charge >= 0.3 is 19.8 Å². The molecule has 374 valence electrons. The summed E-state index contributed by atoms with van der Waals surface area (Å²) in [4.78, 5) is 46.1. The van der Waals surface area contributed by atoms with Crippen LogP contribution in [0.25, 0.3) is 0 Å². The monoisotopic (exact) mass is 942 g/mol. The third kappa shape index (κ3) is 46.7. The Balaban J connectivity index is 3.97. The van der Waals surface area contributed by atoms with Crippen LogP contribution in [0.15, 0.2) is 109 Å². The minimum absolute atomic E-state index is 0.0585. The molecule has 0 aliphatic carbocycles. The number of phosphoric acid groups is 1. The third-order valence-corrected chi connectivity index (χ3v) is 11.0. The predicted octanol–water partition coefficient (Wildman–Crippen LogP) is 13.8. The Morgan fingerprint density at radius 3 is 1.35 bits per heavy atom. The average Bonchev–Trinajstić information content (AvgIpc) is 3.29. The van der Waals surface area contributed by atoms with E-state index in [4.69, 9.17) is 13.8 Å². The van der Waals surface area contributed by atoms with Gasteiger partial charge in [-0.15, -0.1) is 0 Å². The summed E-state index contributed by atoms with van der Waals surface area (Å²) in [5.41, 5.74) is 0. The van der Waals surface area contributed by atoms with E-state index < -0.39 is 57.6 Å². The summed E-state index contributed by atoms with van der Waals surface area (Å²) in [7, 11) is -4.79. The van der Waals surface area contributed by atoms with Gasteiger partial charge in [-0.3, -0.25) is 18.6 Å². The zero-order valence-corrected chi connectivity index (χ0v) is 41.6. The zero-order chi connectivity index (χ0) is 48.4. The fourth-order valence-electron chi connectivity index (χ4n) is 6.22. The first-order valence-corrected chi connectivity index (χ1v) is 26.4. The van der Waals surface area contributed by atoms with Crippen molar-refractivity contribution in [2.24, 2.45) is 0 Å². The lowest BCUT2D eigenvalue weighted by Crippen LogP contribution is -2.43. The first-order chi connectivity index (χ1) is 32.1. The molecule has 0 rings (SSSR count). The van der Waals surface area contributed by atoms with E-state index in [0.717, 1.165) is 77.0 Å². The largest absolute Gasteiger partial charge is 0.480 e. The van der Waals surface area contributed by atoms with Gasteiger partial charge < -0.3 is 25.2 Å². The lowest BCUT2D eigenvalue weighted by atomic mass is 10.1. The molecular formula is C54H88NO10P. The fraction of sp³-hybridized carbons (Fsp3) is 0.611. The lowest BCUT2D eigenvalue weighted by Gasteiger charge is -2.18. The number of carboxylic acid groups (broad SMARTS) is 1. The molecule has 3 atom stereocenters. The van der Waals surface area contributed by atoms with Crippen LogP contribution in [0.3, 0.4) is 0 Å². The minimum Gasteiger partial charge on any atom is -0.480 e. The molecule has 0 saturated heterocycles. The molecule has 0 saturated carbocycles. The summed E-state index contributed by atoms with van der Waals surface area (Å²) in [5.74, 6) is -2.47. The van der Waals surface area contributed by atoms with Gasteiger partial charge in [-0.1, -0.05) is 181 Å². The Kier molecular flexibility index (Phi) is 44.8. The van der Waals surface area contributed by atoms with Crippen LogP contribution in [-0.2, 0) is 32.7 Å². The van der Waals surface area contributed by atoms with E-state index in [-0.39, 0.29) is 12.8 Å². The molecule has 0 bridgehead atoms. The number of ether oxygens (including phenoxy) is 1. The van der Waals surface area contributed by atoms with Crippen LogP contribution in [0.4, 0.5) is 0 Å². The summed E-state index contributed by atoms with van der Waals surface area (Å²) in [6, 6.07) is -1.59. The molecule has 11 nitrogen and oxygen atoms in total. The van der Waals surface area contributed by atoms with E-state index in [1.165, 1.54) is 57.8 Å². The van der Waals surface area contributed by atoms with Crippen molar-refractivity contribution in [1.29, 1.82) is 0 Å². The molecule has 0 aromatic carbocycles. The van der Waals surface area contributed by atoms with Crippen molar-refractivity contribution in [3.05, 3.63) is 109 Å². The Bertz CT molecular complexity index is 1530. The molecule has 0 aliphatic rings.